The van der Waals surface area contributed by atoms with Gasteiger partial charge in [0, 0.05) is 12.1 Å². The highest BCUT2D eigenvalue weighted by Gasteiger charge is 2.13. The number of amides is 2. The number of esters is 1. The third kappa shape index (κ3) is 8.51. The number of hydrogen-bond donors (Lipinski definition) is 2. The average molecular weight is 477 g/mol. The molecule has 0 fully saturated rings. The van der Waals surface area contributed by atoms with Crippen molar-refractivity contribution in [2.24, 2.45) is 0 Å². The topological polar surface area (TPSA) is 103 Å². The van der Waals surface area contributed by atoms with Gasteiger partial charge in [-0.05, 0) is 61.0 Å². The Balaban J connectivity index is 1.35. The SMILES string of the molecule is COc1ccc(Oc2ccc(NC(=O)CCC(=O)OCC(=O)N[C@H](C)c3ccccc3)cc2)cc1. The van der Waals surface area contributed by atoms with Crippen LogP contribution in [-0.2, 0) is 19.1 Å². The van der Waals surface area contributed by atoms with Crippen molar-refractivity contribution in [3.63, 3.8) is 0 Å². The molecule has 8 nitrogen and oxygen atoms in total. The zero-order chi connectivity index (χ0) is 25.0. The highest BCUT2D eigenvalue weighted by atomic mass is 16.5. The highest BCUT2D eigenvalue weighted by Crippen LogP contribution is 2.25. The van der Waals surface area contributed by atoms with E-state index in [0.717, 1.165) is 11.3 Å². The summed E-state index contributed by atoms with van der Waals surface area (Å²) in [5, 5.41) is 5.48. The van der Waals surface area contributed by atoms with E-state index in [1.807, 2.05) is 37.3 Å². The van der Waals surface area contributed by atoms with E-state index in [1.54, 1.807) is 55.6 Å². The Morgan fingerprint density at radius 3 is 2.00 bits per heavy atom. The number of nitrogens with one attached hydrogen (secondary N) is 2. The van der Waals surface area contributed by atoms with Gasteiger partial charge in [-0.1, -0.05) is 30.3 Å². The van der Waals surface area contributed by atoms with Crippen LogP contribution in [0.1, 0.15) is 31.4 Å². The molecule has 35 heavy (non-hydrogen) atoms. The Morgan fingerprint density at radius 2 is 1.37 bits per heavy atom. The Hall–Kier alpha value is -4.33. The minimum atomic E-state index is -0.620. The quantitative estimate of drug-likeness (QED) is 0.391. The molecule has 1 atom stereocenters. The predicted molar refractivity (Wildman–Crippen MR) is 131 cm³/mol. The molecule has 182 valence electrons. The van der Waals surface area contributed by atoms with Crippen LogP contribution in [0.25, 0.3) is 0 Å². The lowest BCUT2D eigenvalue weighted by Crippen LogP contribution is -2.31. The fourth-order valence-corrected chi connectivity index (χ4v) is 3.15. The van der Waals surface area contributed by atoms with Gasteiger partial charge >= 0.3 is 5.97 Å². The van der Waals surface area contributed by atoms with Crippen LogP contribution in [-0.4, -0.2) is 31.5 Å². The molecule has 0 aliphatic heterocycles. The predicted octanol–water partition coefficient (Wildman–Crippen LogP) is 4.63. The lowest BCUT2D eigenvalue weighted by atomic mass is 10.1. The van der Waals surface area contributed by atoms with Gasteiger partial charge in [-0.2, -0.15) is 0 Å². The first-order chi connectivity index (χ1) is 16.9. The summed E-state index contributed by atoms with van der Waals surface area (Å²) in [6, 6.07) is 23.3. The van der Waals surface area contributed by atoms with Crippen LogP contribution < -0.4 is 20.1 Å². The molecule has 0 saturated heterocycles. The summed E-state index contributed by atoms with van der Waals surface area (Å²) in [5.41, 5.74) is 1.52. The number of anilines is 1. The van der Waals surface area contributed by atoms with Crippen molar-refractivity contribution in [1.82, 2.24) is 5.32 Å². The second-order valence-electron chi connectivity index (χ2n) is 7.71. The summed E-state index contributed by atoms with van der Waals surface area (Å²) in [6.07, 6.45) is -0.197. The molecular formula is C27H28N2O6. The summed E-state index contributed by atoms with van der Waals surface area (Å²) in [7, 11) is 1.60. The molecule has 3 rings (SSSR count). The number of rotatable bonds is 11. The van der Waals surface area contributed by atoms with Gasteiger partial charge in [-0.15, -0.1) is 0 Å². The normalized spacial score (nSPS) is 11.1. The maximum absolute atomic E-state index is 12.2. The van der Waals surface area contributed by atoms with Gasteiger partial charge in [0.05, 0.1) is 19.6 Å². The molecule has 3 aromatic rings. The standard InChI is InChI=1S/C27H28N2O6/c1-19(20-6-4-3-5-7-20)28-26(31)18-34-27(32)17-16-25(30)29-21-8-10-23(11-9-21)35-24-14-12-22(33-2)13-15-24/h3-15,19H,16-18H2,1-2H3,(H,28,31)(H,29,30)/t19-/m1/s1. The molecular weight excluding hydrogens is 448 g/mol. The molecule has 0 spiro atoms. The van der Waals surface area contributed by atoms with Gasteiger partial charge in [0.25, 0.3) is 5.91 Å². The van der Waals surface area contributed by atoms with Crippen LogP contribution in [0.5, 0.6) is 17.2 Å². The minimum Gasteiger partial charge on any atom is -0.497 e. The van der Waals surface area contributed by atoms with E-state index >= 15 is 0 Å². The van der Waals surface area contributed by atoms with Gasteiger partial charge in [0.15, 0.2) is 6.61 Å². The smallest absolute Gasteiger partial charge is 0.306 e. The van der Waals surface area contributed by atoms with E-state index in [-0.39, 0.29) is 24.8 Å². The van der Waals surface area contributed by atoms with Gasteiger partial charge in [-0.3, -0.25) is 14.4 Å². The number of methoxy groups -OCH3 is 1. The molecule has 0 aliphatic rings. The average Bonchev–Trinajstić information content (AvgIpc) is 2.88. The monoisotopic (exact) mass is 476 g/mol. The Morgan fingerprint density at radius 1 is 0.771 bits per heavy atom. The lowest BCUT2D eigenvalue weighted by molar-refractivity contribution is -0.149. The lowest BCUT2D eigenvalue weighted by Gasteiger charge is -2.14. The maximum Gasteiger partial charge on any atom is 0.306 e. The van der Waals surface area contributed by atoms with Crippen LogP contribution in [0.15, 0.2) is 78.9 Å². The van der Waals surface area contributed by atoms with E-state index in [2.05, 4.69) is 10.6 Å². The fraction of sp³-hybridized carbons (Fsp3) is 0.222. The summed E-state index contributed by atoms with van der Waals surface area (Å²) in [4.78, 5) is 36.1. The molecule has 2 amide bonds. The fourth-order valence-electron chi connectivity index (χ4n) is 3.15. The first kappa shape index (κ1) is 25.3. The number of hydrogen-bond acceptors (Lipinski definition) is 6. The molecule has 0 bridgehead atoms. The van der Waals surface area contributed by atoms with Gasteiger partial charge in [0.1, 0.15) is 17.2 Å². The summed E-state index contributed by atoms with van der Waals surface area (Å²) in [5.74, 6) is 0.635. The minimum absolute atomic E-state index is 0.0645. The molecule has 0 unspecified atom stereocenters. The van der Waals surface area contributed by atoms with Crippen LogP contribution in [0.2, 0.25) is 0 Å². The molecule has 3 aromatic carbocycles. The largest absolute Gasteiger partial charge is 0.497 e. The third-order valence-corrected chi connectivity index (χ3v) is 5.03. The van der Waals surface area contributed by atoms with E-state index in [0.29, 0.717) is 17.2 Å². The van der Waals surface area contributed by atoms with Gasteiger partial charge < -0.3 is 24.8 Å². The summed E-state index contributed by atoms with van der Waals surface area (Å²) < 4.78 is 15.8. The first-order valence-electron chi connectivity index (χ1n) is 11.1. The van der Waals surface area contributed by atoms with Crippen LogP contribution in [0.3, 0.4) is 0 Å². The third-order valence-electron chi connectivity index (χ3n) is 5.03. The van der Waals surface area contributed by atoms with E-state index in [4.69, 9.17) is 14.2 Å². The Kier molecular flexibility index (Phi) is 9.24. The zero-order valence-electron chi connectivity index (χ0n) is 19.7. The van der Waals surface area contributed by atoms with E-state index in [9.17, 15) is 14.4 Å². The second-order valence-corrected chi connectivity index (χ2v) is 7.71. The van der Waals surface area contributed by atoms with Crippen LogP contribution >= 0.6 is 0 Å². The number of carbonyl (C=O) groups excluding carboxylic acids is 3. The molecule has 2 N–H and O–H groups in total. The molecule has 8 heteroatoms. The highest BCUT2D eigenvalue weighted by molar-refractivity contribution is 5.92. The number of carbonyl (C=O) groups is 3. The van der Waals surface area contributed by atoms with E-state index in [1.165, 1.54) is 0 Å². The first-order valence-corrected chi connectivity index (χ1v) is 11.1. The van der Waals surface area contributed by atoms with Crippen molar-refractivity contribution in [2.45, 2.75) is 25.8 Å². The van der Waals surface area contributed by atoms with Crippen molar-refractivity contribution in [3.8, 4) is 17.2 Å². The number of ether oxygens (including phenoxy) is 3. The summed E-state index contributed by atoms with van der Waals surface area (Å²) >= 11 is 0. The van der Waals surface area contributed by atoms with Crippen molar-refractivity contribution < 1.29 is 28.6 Å². The molecule has 0 radical (unpaired) electrons. The molecule has 0 aromatic heterocycles. The van der Waals surface area contributed by atoms with Gasteiger partial charge in [0.2, 0.25) is 5.91 Å². The Bertz CT molecular complexity index is 1110. The maximum atomic E-state index is 12.2. The molecule has 0 saturated carbocycles. The van der Waals surface area contributed by atoms with Crippen molar-refractivity contribution >= 4 is 23.5 Å². The van der Waals surface area contributed by atoms with Crippen molar-refractivity contribution in [3.05, 3.63) is 84.4 Å². The molecule has 0 aliphatic carbocycles. The number of benzene rings is 3. The Labute approximate surface area is 204 Å². The van der Waals surface area contributed by atoms with Gasteiger partial charge in [-0.25, -0.2) is 0 Å². The zero-order valence-corrected chi connectivity index (χ0v) is 19.7. The van der Waals surface area contributed by atoms with Crippen LogP contribution in [0.4, 0.5) is 5.69 Å². The summed E-state index contributed by atoms with van der Waals surface area (Å²) in [6.45, 7) is 1.45. The van der Waals surface area contributed by atoms with Crippen molar-refractivity contribution in [1.29, 1.82) is 0 Å². The van der Waals surface area contributed by atoms with Crippen molar-refractivity contribution in [2.75, 3.05) is 19.0 Å². The van der Waals surface area contributed by atoms with Crippen LogP contribution in [0, 0.1) is 0 Å². The van der Waals surface area contributed by atoms with E-state index < -0.39 is 18.5 Å². The second kappa shape index (κ2) is 12.8. The molecule has 0 heterocycles.